The molecule has 0 radical (unpaired) electrons. The number of carbonyl (C=O) groups is 3. The lowest BCUT2D eigenvalue weighted by atomic mass is 9.84. The maximum Gasteiger partial charge on any atom is 0.297 e. The van der Waals surface area contributed by atoms with Crippen LogP contribution in [0.5, 0.6) is 0 Å². The second-order valence-electron chi connectivity index (χ2n) is 11.2. The van der Waals surface area contributed by atoms with Gasteiger partial charge >= 0.3 is 0 Å². The van der Waals surface area contributed by atoms with Crippen LogP contribution in [0.2, 0.25) is 0 Å². The quantitative estimate of drug-likeness (QED) is 0.234. The standard InChI is InChI=1S/C34H27N3O5S/c1-17-10-6-7-11-22(17)16-36-25-13-9-8-12-24(25)34(32(36)41)27-28(39)23-14-18(2)19(3)15-26(23)42-29(27)31(40)37(34)33-35-20(4)30(43-33)21(5)38/h6-15H,16H2,1-5H3. The number of ketones is 1. The van der Waals surface area contributed by atoms with Gasteiger partial charge in [-0.2, -0.15) is 0 Å². The number of carbonyl (C=O) groups excluding carboxylic acids is 3. The van der Waals surface area contributed by atoms with Crippen LogP contribution in [0.1, 0.15) is 66.2 Å². The first-order chi connectivity index (χ1) is 20.5. The van der Waals surface area contributed by atoms with Gasteiger partial charge in [-0.15, -0.1) is 0 Å². The van der Waals surface area contributed by atoms with Crippen LogP contribution in [0.25, 0.3) is 11.0 Å². The van der Waals surface area contributed by atoms with E-state index in [4.69, 9.17) is 4.42 Å². The average molecular weight is 590 g/mol. The first-order valence-electron chi connectivity index (χ1n) is 13.9. The van der Waals surface area contributed by atoms with Crippen LogP contribution in [0.15, 0.2) is 69.9 Å². The minimum absolute atomic E-state index is 0.0322. The summed E-state index contributed by atoms with van der Waals surface area (Å²) in [7, 11) is 0. The number of Topliss-reactive ketones (excluding diaryl/α,β-unsaturated/α-hetero) is 1. The molecule has 1 atom stereocenters. The van der Waals surface area contributed by atoms with Crippen molar-refractivity contribution in [1.29, 1.82) is 0 Å². The molecule has 1 unspecified atom stereocenters. The van der Waals surface area contributed by atoms with Gasteiger partial charge in [0.15, 0.2) is 21.9 Å². The SMILES string of the molecule is CC(=O)c1sc(N2C(=O)c3oc4cc(C)c(C)cc4c(=O)c3C23C(=O)N(Cc2ccccc2C)c2ccccc23)nc1C. The molecule has 0 fully saturated rings. The highest BCUT2D eigenvalue weighted by Gasteiger charge is 2.66. The highest BCUT2D eigenvalue weighted by Crippen LogP contribution is 2.55. The van der Waals surface area contributed by atoms with Gasteiger partial charge < -0.3 is 9.32 Å². The van der Waals surface area contributed by atoms with Crippen LogP contribution < -0.4 is 15.2 Å². The second kappa shape index (κ2) is 9.31. The summed E-state index contributed by atoms with van der Waals surface area (Å²) in [5.74, 6) is -1.52. The van der Waals surface area contributed by atoms with Crippen molar-refractivity contribution in [3.63, 3.8) is 0 Å². The van der Waals surface area contributed by atoms with Crippen LogP contribution >= 0.6 is 11.3 Å². The van der Waals surface area contributed by atoms with Crippen molar-refractivity contribution in [1.82, 2.24) is 4.98 Å². The molecule has 2 aliphatic rings. The number of fused-ring (bicyclic) bond motifs is 5. The number of hydrogen-bond acceptors (Lipinski definition) is 7. The Morgan fingerprint density at radius 1 is 0.930 bits per heavy atom. The van der Waals surface area contributed by atoms with Crippen molar-refractivity contribution in [2.24, 2.45) is 0 Å². The summed E-state index contributed by atoms with van der Waals surface area (Å²) in [6, 6.07) is 18.5. The van der Waals surface area contributed by atoms with Crippen LogP contribution in [-0.2, 0) is 16.9 Å². The molecule has 3 aromatic carbocycles. The van der Waals surface area contributed by atoms with E-state index in [-0.39, 0.29) is 34.4 Å². The molecule has 2 amide bonds. The Labute approximate surface area is 251 Å². The van der Waals surface area contributed by atoms with Crippen LogP contribution in [0.3, 0.4) is 0 Å². The highest BCUT2D eigenvalue weighted by atomic mass is 32.1. The van der Waals surface area contributed by atoms with E-state index in [0.717, 1.165) is 33.6 Å². The van der Waals surface area contributed by atoms with E-state index in [0.29, 0.717) is 27.2 Å². The van der Waals surface area contributed by atoms with Crippen molar-refractivity contribution >= 4 is 50.7 Å². The van der Waals surface area contributed by atoms with Crippen LogP contribution in [0, 0.1) is 27.7 Å². The fourth-order valence-electron chi connectivity index (χ4n) is 6.34. The molecule has 2 aromatic heterocycles. The van der Waals surface area contributed by atoms with Crippen LogP contribution in [-0.4, -0.2) is 22.6 Å². The molecule has 0 saturated heterocycles. The number of aryl methyl sites for hydroxylation is 4. The Bertz CT molecular complexity index is 2130. The maximum absolute atomic E-state index is 15.1. The highest BCUT2D eigenvalue weighted by molar-refractivity contribution is 7.17. The minimum Gasteiger partial charge on any atom is -0.450 e. The molecule has 9 heteroatoms. The van der Waals surface area contributed by atoms with Gasteiger partial charge in [0.2, 0.25) is 5.76 Å². The molecule has 43 heavy (non-hydrogen) atoms. The fraction of sp³-hybridized carbons (Fsp3) is 0.206. The first kappa shape index (κ1) is 27.0. The van der Waals surface area contributed by atoms with E-state index < -0.39 is 22.8 Å². The topological polar surface area (TPSA) is 101 Å². The van der Waals surface area contributed by atoms with Crippen molar-refractivity contribution < 1.29 is 18.8 Å². The van der Waals surface area contributed by atoms with E-state index in [9.17, 15) is 14.4 Å². The lowest BCUT2D eigenvalue weighted by Crippen LogP contribution is -2.53. The molecule has 0 saturated carbocycles. The number of hydrogen-bond donors (Lipinski definition) is 0. The number of para-hydroxylation sites is 1. The Morgan fingerprint density at radius 2 is 1.63 bits per heavy atom. The summed E-state index contributed by atoms with van der Waals surface area (Å²) >= 11 is 1.03. The van der Waals surface area contributed by atoms with Crippen molar-refractivity contribution in [2.45, 2.75) is 46.7 Å². The van der Waals surface area contributed by atoms with Crippen molar-refractivity contribution in [2.75, 3.05) is 9.80 Å². The smallest absolute Gasteiger partial charge is 0.297 e. The van der Waals surface area contributed by atoms with E-state index >= 15 is 4.79 Å². The maximum atomic E-state index is 15.1. The number of aromatic nitrogens is 1. The molecule has 8 nitrogen and oxygen atoms in total. The predicted octanol–water partition coefficient (Wildman–Crippen LogP) is 6.14. The Hall–Kier alpha value is -4.89. The number of thiazole rings is 1. The van der Waals surface area contributed by atoms with Crippen molar-refractivity contribution in [3.05, 3.63) is 121 Å². The molecule has 0 bridgehead atoms. The Kier molecular flexibility index (Phi) is 5.84. The Morgan fingerprint density at radius 3 is 2.35 bits per heavy atom. The summed E-state index contributed by atoms with van der Waals surface area (Å²) in [6.45, 7) is 9.13. The number of nitrogens with zero attached hydrogens (tertiary/aromatic N) is 3. The number of benzene rings is 3. The van der Waals surface area contributed by atoms with Crippen molar-refractivity contribution in [3.8, 4) is 0 Å². The number of anilines is 2. The zero-order chi connectivity index (χ0) is 30.4. The predicted molar refractivity (Wildman–Crippen MR) is 165 cm³/mol. The fourth-order valence-corrected chi connectivity index (χ4v) is 7.35. The third-order valence-corrected chi connectivity index (χ3v) is 9.87. The first-order valence-corrected chi connectivity index (χ1v) is 14.7. The summed E-state index contributed by atoms with van der Waals surface area (Å²) in [5, 5.41) is 0.439. The summed E-state index contributed by atoms with van der Waals surface area (Å²) < 4.78 is 6.24. The summed E-state index contributed by atoms with van der Waals surface area (Å²) in [4.78, 5) is 64.5. The zero-order valence-corrected chi connectivity index (χ0v) is 25.1. The van der Waals surface area contributed by atoms with Gasteiger partial charge in [-0.1, -0.05) is 53.8 Å². The van der Waals surface area contributed by atoms with Crippen LogP contribution in [0.4, 0.5) is 10.8 Å². The molecule has 0 N–H and O–H groups in total. The van der Waals surface area contributed by atoms with Gasteiger partial charge in [0.1, 0.15) is 5.58 Å². The van der Waals surface area contributed by atoms with Gasteiger partial charge in [0, 0.05) is 12.5 Å². The lowest BCUT2D eigenvalue weighted by Gasteiger charge is -2.32. The Balaban J connectivity index is 1.58. The van der Waals surface area contributed by atoms with Gasteiger partial charge in [-0.05, 0) is 68.1 Å². The van der Waals surface area contributed by atoms with Gasteiger partial charge in [-0.25, -0.2) is 4.98 Å². The third kappa shape index (κ3) is 3.58. The molecule has 0 aliphatic carbocycles. The molecule has 1 spiro atoms. The molecule has 7 rings (SSSR count). The van der Waals surface area contributed by atoms with Gasteiger partial charge in [0.05, 0.1) is 33.8 Å². The van der Waals surface area contributed by atoms with E-state index in [1.165, 1.54) is 11.8 Å². The molecular weight excluding hydrogens is 562 g/mol. The normalized spacial score (nSPS) is 17.3. The van der Waals surface area contributed by atoms with E-state index in [1.807, 2.05) is 57.2 Å². The van der Waals surface area contributed by atoms with Gasteiger partial charge in [-0.3, -0.25) is 24.1 Å². The minimum atomic E-state index is -1.88. The molecule has 2 aliphatic heterocycles. The molecular formula is C34H27N3O5S. The third-order valence-electron chi connectivity index (χ3n) is 8.63. The largest absolute Gasteiger partial charge is 0.450 e. The zero-order valence-electron chi connectivity index (χ0n) is 24.3. The summed E-state index contributed by atoms with van der Waals surface area (Å²) in [6.07, 6.45) is 0. The average Bonchev–Trinajstić information content (AvgIpc) is 3.56. The molecule has 214 valence electrons. The molecule has 4 heterocycles. The number of amides is 2. The number of rotatable bonds is 4. The molecule has 5 aromatic rings. The van der Waals surface area contributed by atoms with Gasteiger partial charge in [0.25, 0.3) is 11.8 Å². The summed E-state index contributed by atoms with van der Waals surface area (Å²) in [5.41, 5.74) is 3.14. The van der Waals surface area contributed by atoms with E-state index in [2.05, 4.69) is 4.98 Å². The lowest BCUT2D eigenvalue weighted by molar-refractivity contribution is -0.121. The van der Waals surface area contributed by atoms with E-state index in [1.54, 1.807) is 36.1 Å². The monoisotopic (exact) mass is 589 g/mol. The second-order valence-corrected chi connectivity index (χ2v) is 12.2.